The van der Waals surface area contributed by atoms with Gasteiger partial charge in [-0.3, -0.25) is 9.88 Å². The van der Waals surface area contributed by atoms with Gasteiger partial charge in [-0.15, -0.1) is 11.3 Å². The molecule has 0 amide bonds. The highest BCUT2D eigenvalue weighted by Gasteiger charge is 2.39. The summed E-state index contributed by atoms with van der Waals surface area (Å²) in [5, 5.41) is 16.4. The predicted octanol–water partition coefficient (Wildman–Crippen LogP) is 6.06. The minimum Gasteiger partial charge on any atom is -0.475 e. The number of hydrogen-bond acceptors (Lipinski definition) is 6. The summed E-state index contributed by atoms with van der Waals surface area (Å²) >= 11 is 1.77. The normalized spacial score (nSPS) is 15.6. The van der Waals surface area contributed by atoms with E-state index in [0.717, 1.165) is 13.1 Å². The molecule has 8 nitrogen and oxygen atoms in total. The van der Waals surface area contributed by atoms with Crippen molar-refractivity contribution in [3.8, 4) is 10.4 Å². The van der Waals surface area contributed by atoms with E-state index in [1.807, 2.05) is 24.8 Å². The Hall–Kier alpha value is -3.98. The summed E-state index contributed by atoms with van der Waals surface area (Å²) in [5.41, 5.74) is 4.93. The second-order valence-corrected chi connectivity index (χ2v) is 9.36. The van der Waals surface area contributed by atoms with E-state index in [1.165, 1.54) is 40.1 Å². The summed E-state index contributed by atoms with van der Waals surface area (Å²) in [6.45, 7) is 2.05. The Morgan fingerprint density at radius 2 is 1.68 bits per heavy atom. The maximum Gasteiger partial charge on any atom is 0.490 e. The van der Waals surface area contributed by atoms with Gasteiger partial charge in [-0.05, 0) is 54.6 Å². The van der Waals surface area contributed by atoms with Crippen LogP contribution in [-0.4, -0.2) is 60.3 Å². The van der Waals surface area contributed by atoms with Crippen LogP contribution >= 0.6 is 11.3 Å². The average Bonchev–Trinajstić information content (AvgIpc) is 3.65. The molecule has 214 valence electrons. The zero-order chi connectivity index (χ0) is 29.5. The number of imidazole rings is 1. The van der Waals surface area contributed by atoms with Crippen molar-refractivity contribution in [1.82, 2.24) is 19.3 Å². The standard InChI is InChI=1S/C21H20N4S.2C2HF3O2/c1-4-16(12-22-9-1)13-24-10-2-5-18(24)21-19-8-7-17(14-25(19)15-23-21)20-6-3-11-26-20;2*3-2(4,5)1(6)7/h1,3-4,6-9,11-12,14-15,18H,2,5,10,13H2;2*(H,6,7). The first-order valence-corrected chi connectivity index (χ1v) is 12.4. The van der Waals surface area contributed by atoms with Crippen molar-refractivity contribution in [2.45, 2.75) is 37.8 Å². The number of alkyl halides is 6. The van der Waals surface area contributed by atoms with Gasteiger partial charge < -0.3 is 14.6 Å². The van der Waals surface area contributed by atoms with Crippen LogP contribution in [0, 0.1) is 0 Å². The van der Waals surface area contributed by atoms with Gasteiger partial charge >= 0.3 is 24.3 Å². The van der Waals surface area contributed by atoms with Crippen LogP contribution in [0.25, 0.3) is 16.0 Å². The molecule has 1 aliphatic heterocycles. The fourth-order valence-electron chi connectivity index (χ4n) is 3.92. The van der Waals surface area contributed by atoms with Gasteiger partial charge in [0.15, 0.2) is 0 Å². The van der Waals surface area contributed by atoms with Crippen LogP contribution in [0.15, 0.2) is 66.7 Å². The minimum atomic E-state index is -5.08. The first-order valence-electron chi connectivity index (χ1n) is 11.5. The molecular weight excluding hydrogens is 566 g/mol. The number of fused-ring (bicyclic) bond motifs is 1. The Labute approximate surface area is 227 Å². The maximum atomic E-state index is 10.6. The number of carbonyl (C=O) groups is 2. The zero-order valence-corrected chi connectivity index (χ0v) is 21.2. The SMILES string of the molecule is O=C(O)C(F)(F)F.O=C(O)C(F)(F)F.c1cncc(CN2CCCC2c2ncn3cc(-c4cccs4)ccc23)c1. The van der Waals surface area contributed by atoms with E-state index in [2.05, 4.69) is 56.2 Å². The third kappa shape index (κ3) is 8.26. The highest BCUT2D eigenvalue weighted by Crippen LogP contribution is 2.35. The van der Waals surface area contributed by atoms with Gasteiger partial charge in [0.2, 0.25) is 0 Å². The van der Waals surface area contributed by atoms with Gasteiger partial charge in [-0.2, -0.15) is 26.3 Å². The largest absolute Gasteiger partial charge is 0.490 e. The number of aromatic nitrogens is 3. The Bertz CT molecular complexity index is 1380. The van der Waals surface area contributed by atoms with Gasteiger partial charge in [0.25, 0.3) is 0 Å². The number of thiophene rings is 1. The number of likely N-dealkylation sites (tertiary alicyclic amines) is 1. The third-order valence-electron chi connectivity index (χ3n) is 5.64. The molecular formula is C25H22F6N4O4S. The van der Waals surface area contributed by atoms with E-state index in [4.69, 9.17) is 24.8 Å². The first kappa shape index (κ1) is 30.6. The number of hydrogen-bond donors (Lipinski definition) is 2. The summed E-state index contributed by atoms with van der Waals surface area (Å²) in [6, 6.07) is 13.2. The summed E-state index contributed by atoms with van der Waals surface area (Å²) < 4.78 is 65.6. The highest BCUT2D eigenvalue weighted by atomic mass is 32.1. The molecule has 15 heteroatoms. The topological polar surface area (TPSA) is 108 Å². The van der Waals surface area contributed by atoms with Crippen LogP contribution in [0.3, 0.4) is 0 Å². The number of aliphatic carboxylic acids is 2. The number of pyridine rings is 2. The van der Waals surface area contributed by atoms with Crippen molar-refractivity contribution in [3.63, 3.8) is 0 Å². The van der Waals surface area contributed by atoms with Crippen LogP contribution in [0.1, 0.15) is 30.1 Å². The highest BCUT2D eigenvalue weighted by molar-refractivity contribution is 7.13. The molecule has 1 fully saturated rings. The molecule has 0 saturated carbocycles. The molecule has 1 saturated heterocycles. The number of halogens is 6. The zero-order valence-electron chi connectivity index (χ0n) is 20.4. The second kappa shape index (κ2) is 12.9. The van der Waals surface area contributed by atoms with Crippen molar-refractivity contribution in [2.24, 2.45) is 0 Å². The number of carboxylic acids is 2. The second-order valence-electron chi connectivity index (χ2n) is 8.41. The van der Waals surface area contributed by atoms with E-state index in [1.54, 1.807) is 11.3 Å². The molecule has 1 aliphatic rings. The molecule has 0 aromatic carbocycles. The van der Waals surface area contributed by atoms with Gasteiger partial charge in [0.05, 0.1) is 23.6 Å². The lowest BCUT2D eigenvalue weighted by Gasteiger charge is -2.23. The Morgan fingerprint density at radius 1 is 1.00 bits per heavy atom. The molecule has 4 aromatic heterocycles. The molecule has 0 radical (unpaired) electrons. The van der Waals surface area contributed by atoms with Crippen LogP contribution in [0.2, 0.25) is 0 Å². The molecule has 2 N–H and O–H groups in total. The average molecular weight is 589 g/mol. The van der Waals surface area contributed by atoms with Crippen LogP contribution in [0.5, 0.6) is 0 Å². The Kier molecular flexibility index (Phi) is 9.87. The number of nitrogens with zero attached hydrogens (tertiary/aromatic N) is 4. The predicted molar refractivity (Wildman–Crippen MR) is 133 cm³/mol. The van der Waals surface area contributed by atoms with E-state index in [0.29, 0.717) is 6.04 Å². The van der Waals surface area contributed by atoms with Gasteiger partial charge in [0.1, 0.15) is 0 Å². The summed E-state index contributed by atoms with van der Waals surface area (Å²) in [6.07, 6.45) is 0.171. The third-order valence-corrected chi connectivity index (χ3v) is 6.56. The van der Waals surface area contributed by atoms with Gasteiger partial charge in [-0.1, -0.05) is 12.1 Å². The summed E-state index contributed by atoms with van der Waals surface area (Å²) in [4.78, 5) is 30.7. The van der Waals surface area contributed by atoms with E-state index in [-0.39, 0.29) is 0 Å². The van der Waals surface area contributed by atoms with E-state index in [9.17, 15) is 26.3 Å². The molecule has 0 aliphatic carbocycles. The molecule has 40 heavy (non-hydrogen) atoms. The number of rotatable bonds is 4. The molecule has 4 aromatic rings. The quantitative estimate of drug-likeness (QED) is 0.279. The van der Waals surface area contributed by atoms with Crippen LogP contribution < -0.4 is 0 Å². The first-order chi connectivity index (χ1) is 18.8. The van der Waals surface area contributed by atoms with Crippen LogP contribution in [0.4, 0.5) is 26.3 Å². The molecule has 0 spiro atoms. The van der Waals surface area contributed by atoms with Crippen molar-refractivity contribution in [3.05, 3.63) is 78.0 Å². The molecule has 5 rings (SSSR count). The summed E-state index contributed by atoms with van der Waals surface area (Å²) in [5.74, 6) is -5.51. The molecule has 0 bridgehead atoms. The minimum absolute atomic E-state index is 0.382. The van der Waals surface area contributed by atoms with Crippen molar-refractivity contribution < 1.29 is 46.1 Å². The van der Waals surface area contributed by atoms with Crippen molar-refractivity contribution in [2.75, 3.05) is 6.54 Å². The maximum absolute atomic E-state index is 10.6. The van der Waals surface area contributed by atoms with E-state index < -0.39 is 24.3 Å². The van der Waals surface area contributed by atoms with Crippen molar-refractivity contribution in [1.29, 1.82) is 0 Å². The molecule has 1 unspecified atom stereocenters. The Morgan fingerprint density at radius 3 is 2.23 bits per heavy atom. The smallest absolute Gasteiger partial charge is 0.475 e. The Balaban J connectivity index is 0.000000263. The number of carboxylic acid groups (broad SMARTS) is 2. The molecule has 5 heterocycles. The monoisotopic (exact) mass is 588 g/mol. The van der Waals surface area contributed by atoms with E-state index >= 15 is 0 Å². The fourth-order valence-corrected chi connectivity index (χ4v) is 4.64. The van der Waals surface area contributed by atoms with Gasteiger partial charge in [-0.25, -0.2) is 14.6 Å². The molecule has 1 atom stereocenters. The van der Waals surface area contributed by atoms with Crippen molar-refractivity contribution >= 4 is 28.8 Å². The lowest BCUT2D eigenvalue weighted by Crippen LogP contribution is -2.23. The lowest BCUT2D eigenvalue weighted by molar-refractivity contribution is -0.193. The lowest BCUT2D eigenvalue weighted by atomic mass is 10.1. The van der Waals surface area contributed by atoms with Crippen LogP contribution in [-0.2, 0) is 16.1 Å². The summed E-state index contributed by atoms with van der Waals surface area (Å²) in [7, 11) is 0. The fraction of sp³-hybridized carbons (Fsp3) is 0.280. The van der Waals surface area contributed by atoms with Gasteiger partial charge in [0, 0.05) is 35.6 Å².